The van der Waals surface area contributed by atoms with E-state index in [-0.39, 0.29) is 5.97 Å². The molecule has 0 bridgehead atoms. The summed E-state index contributed by atoms with van der Waals surface area (Å²) in [7, 11) is 0.534. The molecule has 0 saturated heterocycles. The number of unbranched alkanes of at least 4 members (excludes halogenated alkanes) is 8. The van der Waals surface area contributed by atoms with Gasteiger partial charge >= 0.3 is 0 Å². The van der Waals surface area contributed by atoms with E-state index in [1.807, 2.05) is 0 Å². The molecule has 2 nitrogen and oxygen atoms in total. The van der Waals surface area contributed by atoms with Gasteiger partial charge in [-0.25, -0.2) is 0 Å². The second-order valence-corrected chi connectivity index (χ2v) is 7.98. The van der Waals surface area contributed by atoms with E-state index in [1.54, 1.807) is 0 Å². The van der Waals surface area contributed by atoms with Gasteiger partial charge in [-0.05, 0) is 31.1 Å². The van der Waals surface area contributed by atoms with Crippen molar-refractivity contribution in [3.05, 3.63) is 0 Å². The van der Waals surface area contributed by atoms with Gasteiger partial charge in [0.25, 0.3) is 5.97 Å². The average Bonchev–Trinajstić information content (AvgIpc) is 2.54. The SMILES string of the molecule is CCCCCCCC(C)(CCCCCCC)CCCC(=O)O[SiH3]. The standard InChI is InChI=1S/C20H42O2Si/c1-4-6-8-10-12-16-20(3,17-13-11-9-7-5-2)18-14-15-19(21)22-23/h4-18H2,1-3,23H3. The van der Waals surface area contributed by atoms with Gasteiger partial charge < -0.3 is 4.43 Å². The lowest BCUT2D eigenvalue weighted by molar-refractivity contribution is -0.134. The molecule has 0 rings (SSSR count). The monoisotopic (exact) mass is 342 g/mol. The summed E-state index contributed by atoms with van der Waals surface area (Å²) in [4.78, 5) is 11.4. The van der Waals surface area contributed by atoms with E-state index in [0.29, 0.717) is 22.3 Å². The topological polar surface area (TPSA) is 26.3 Å². The summed E-state index contributed by atoms with van der Waals surface area (Å²) in [6.45, 7) is 7.00. The number of hydrogen-bond donors (Lipinski definition) is 0. The molecule has 0 aromatic heterocycles. The Morgan fingerprint density at radius 3 is 1.65 bits per heavy atom. The lowest BCUT2D eigenvalue weighted by Gasteiger charge is -2.30. The zero-order valence-electron chi connectivity index (χ0n) is 16.4. The van der Waals surface area contributed by atoms with E-state index in [1.165, 1.54) is 83.5 Å². The van der Waals surface area contributed by atoms with Crippen molar-refractivity contribution >= 4 is 16.5 Å². The largest absolute Gasteiger partial charge is 0.529 e. The van der Waals surface area contributed by atoms with E-state index in [9.17, 15) is 4.79 Å². The highest BCUT2D eigenvalue weighted by Gasteiger charge is 2.23. The first-order chi connectivity index (χ1) is 11.1. The van der Waals surface area contributed by atoms with Crippen LogP contribution in [-0.2, 0) is 9.22 Å². The number of carbonyl (C=O) groups is 1. The summed E-state index contributed by atoms with van der Waals surface area (Å²) < 4.78 is 4.92. The molecule has 0 atom stereocenters. The summed E-state index contributed by atoms with van der Waals surface area (Å²) in [6, 6.07) is 0. The first kappa shape index (κ1) is 22.7. The Morgan fingerprint density at radius 2 is 1.22 bits per heavy atom. The van der Waals surface area contributed by atoms with Crippen molar-refractivity contribution in [2.24, 2.45) is 5.41 Å². The van der Waals surface area contributed by atoms with Gasteiger partial charge in [0.15, 0.2) is 0 Å². The second kappa shape index (κ2) is 15.2. The second-order valence-electron chi connectivity index (χ2n) is 7.57. The molecule has 0 N–H and O–H groups in total. The van der Waals surface area contributed by atoms with Crippen LogP contribution in [0.4, 0.5) is 0 Å². The Kier molecular flexibility index (Phi) is 15.0. The van der Waals surface area contributed by atoms with Gasteiger partial charge in [0, 0.05) is 6.42 Å². The quantitative estimate of drug-likeness (QED) is 0.265. The van der Waals surface area contributed by atoms with Gasteiger partial charge in [0.2, 0.25) is 10.5 Å². The molecule has 0 aliphatic rings. The Bertz CT molecular complexity index is 265. The molecule has 0 aromatic rings. The molecule has 0 amide bonds. The summed E-state index contributed by atoms with van der Waals surface area (Å²) in [5, 5.41) is 0. The average molecular weight is 343 g/mol. The van der Waals surface area contributed by atoms with Crippen LogP contribution in [0.1, 0.15) is 117 Å². The van der Waals surface area contributed by atoms with Crippen molar-refractivity contribution in [1.82, 2.24) is 0 Å². The van der Waals surface area contributed by atoms with Crippen LogP contribution < -0.4 is 0 Å². The van der Waals surface area contributed by atoms with E-state index >= 15 is 0 Å². The van der Waals surface area contributed by atoms with Crippen molar-refractivity contribution in [2.45, 2.75) is 117 Å². The third-order valence-electron chi connectivity index (χ3n) is 5.16. The van der Waals surface area contributed by atoms with Gasteiger partial charge in [-0.3, -0.25) is 4.79 Å². The molecular weight excluding hydrogens is 300 g/mol. The first-order valence-electron chi connectivity index (χ1n) is 10.1. The van der Waals surface area contributed by atoms with Gasteiger partial charge in [-0.15, -0.1) is 0 Å². The van der Waals surface area contributed by atoms with Gasteiger partial charge in [0.1, 0.15) is 0 Å². The summed E-state index contributed by atoms with van der Waals surface area (Å²) in [5.74, 6) is 0.00454. The summed E-state index contributed by atoms with van der Waals surface area (Å²) in [6.07, 6.45) is 19.1. The van der Waals surface area contributed by atoms with Crippen LogP contribution in [0.2, 0.25) is 0 Å². The molecule has 0 radical (unpaired) electrons. The summed E-state index contributed by atoms with van der Waals surface area (Å²) in [5.41, 5.74) is 0.434. The maximum atomic E-state index is 11.4. The minimum atomic E-state index is 0.00454. The van der Waals surface area contributed by atoms with Crippen molar-refractivity contribution in [3.8, 4) is 0 Å². The van der Waals surface area contributed by atoms with Gasteiger partial charge in [-0.2, -0.15) is 0 Å². The van der Waals surface area contributed by atoms with E-state index in [0.717, 1.165) is 6.42 Å². The highest BCUT2D eigenvalue weighted by atomic mass is 28.2. The molecule has 138 valence electrons. The lowest BCUT2D eigenvalue weighted by Crippen LogP contribution is -2.17. The summed E-state index contributed by atoms with van der Waals surface area (Å²) >= 11 is 0. The van der Waals surface area contributed by atoms with Crippen molar-refractivity contribution in [3.63, 3.8) is 0 Å². The fraction of sp³-hybridized carbons (Fsp3) is 0.950. The molecule has 0 aliphatic carbocycles. The maximum Gasteiger partial charge on any atom is 0.291 e. The predicted octanol–water partition coefficient (Wildman–Crippen LogP) is 5.71. The highest BCUT2D eigenvalue weighted by molar-refractivity contribution is 6.05. The Balaban J connectivity index is 4.13. The van der Waals surface area contributed by atoms with Crippen LogP contribution in [0.5, 0.6) is 0 Å². The molecule has 0 spiro atoms. The van der Waals surface area contributed by atoms with Crippen LogP contribution in [0.3, 0.4) is 0 Å². The van der Waals surface area contributed by atoms with Crippen molar-refractivity contribution < 1.29 is 9.22 Å². The van der Waals surface area contributed by atoms with Crippen molar-refractivity contribution in [2.75, 3.05) is 0 Å². The Hall–Kier alpha value is -0.313. The lowest BCUT2D eigenvalue weighted by atomic mass is 9.76. The van der Waals surface area contributed by atoms with Crippen molar-refractivity contribution in [1.29, 1.82) is 0 Å². The van der Waals surface area contributed by atoms with Crippen LogP contribution in [0, 0.1) is 5.41 Å². The fourth-order valence-corrected chi connectivity index (χ4v) is 3.65. The third kappa shape index (κ3) is 13.8. The number of hydrogen-bond acceptors (Lipinski definition) is 2. The highest BCUT2D eigenvalue weighted by Crippen LogP contribution is 2.36. The molecule has 0 aromatic carbocycles. The fourth-order valence-electron chi connectivity index (χ4n) is 3.45. The van der Waals surface area contributed by atoms with E-state index in [2.05, 4.69) is 20.8 Å². The predicted molar refractivity (Wildman–Crippen MR) is 105 cm³/mol. The van der Waals surface area contributed by atoms with E-state index in [4.69, 9.17) is 4.43 Å². The zero-order chi connectivity index (χ0) is 17.4. The molecule has 0 heterocycles. The molecular formula is C20H42O2Si. The molecule has 23 heavy (non-hydrogen) atoms. The van der Waals surface area contributed by atoms with E-state index < -0.39 is 0 Å². The molecule has 0 saturated carbocycles. The van der Waals surface area contributed by atoms with Crippen LogP contribution in [0.25, 0.3) is 0 Å². The molecule has 3 heteroatoms. The van der Waals surface area contributed by atoms with Crippen LogP contribution >= 0.6 is 0 Å². The molecule has 0 fully saturated rings. The van der Waals surface area contributed by atoms with Crippen LogP contribution in [-0.4, -0.2) is 16.5 Å². The smallest absolute Gasteiger partial charge is 0.291 e. The minimum absolute atomic E-state index is 0.00454. The Morgan fingerprint density at radius 1 is 0.783 bits per heavy atom. The molecule has 0 unspecified atom stereocenters. The zero-order valence-corrected chi connectivity index (χ0v) is 18.4. The normalized spacial score (nSPS) is 11.8. The first-order valence-corrected chi connectivity index (χ1v) is 11.0. The minimum Gasteiger partial charge on any atom is -0.529 e. The number of rotatable bonds is 16. The maximum absolute atomic E-state index is 11.4. The Labute approximate surface area is 148 Å². The van der Waals surface area contributed by atoms with Crippen LogP contribution in [0.15, 0.2) is 0 Å². The third-order valence-corrected chi connectivity index (χ3v) is 5.61. The number of carbonyl (C=O) groups excluding carboxylic acids is 1. The van der Waals surface area contributed by atoms with Gasteiger partial charge in [-0.1, -0.05) is 85.0 Å². The van der Waals surface area contributed by atoms with Gasteiger partial charge in [0.05, 0.1) is 0 Å². The molecule has 0 aliphatic heterocycles.